The Morgan fingerprint density at radius 1 is 1.03 bits per heavy atom. The van der Waals surface area contributed by atoms with Crippen molar-refractivity contribution in [1.82, 2.24) is 4.90 Å². The number of aliphatic imine (C=N–C) groups is 1. The molecule has 1 amide bonds. The minimum Gasteiger partial charge on any atom is -0.497 e. The molecule has 1 aliphatic rings. The predicted octanol–water partition coefficient (Wildman–Crippen LogP) is 6.96. The molecule has 196 valence electrons. The number of nitrogens with zero attached hydrogens (tertiary/aromatic N) is 3. The molecule has 0 atom stereocenters. The maximum Gasteiger partial charge on any atom is 0.269 e. The molecule has 5 rings (SSSR count). The summed E-state index contributed by atoms with van der Waals surface area (Å²) in [4.78, 5) is 31.0. The fourth-order valence-corrected chi connectivity index (χ4v) is 5.28. The van der Waals surface area contributed by atoms with Crippen molar-refractivity contribution in [3.63, 3.8) is 0 Å². The van der Waals surface area contributed by atoms with Crippen LogP contribution in [-0.4, -0.2) is 34.6 Å². The van der Waals surface area contributed by atoms with Gasteiger partial charge in [0.2, 0.25) is 0 Å². The molecule has 1 saturated heterocycles. The molecule has 1 aliphatic heterocycles. The molecule has 0 aliphatic carbocycles. The van der Waals surface area contributed by atoms with Gasteiger partial charge in [0.25, 0.3) is 11.6 Å². The molecule has 4 aromatic rings. The van der Waals surface area contributed by atoms with Crippen molar-refractivity contribution in [3.05, 3.63) is 111 Å². The third kappa shape index (κ3) is 5.63. The Labute approximate surface area is 229 Å². The highest BCUT2D eigenvalue weighted by atomic mass is 32.2. The van der Waals surface area contributed by atoms with Crippen LogP contribution in [0.4, 0.5) is 11.4 Å². The number of fused-ring (bicyclic) bond motifs is 1. The van der Waals surface area contributed by atoms with E-state index in [0.29, 0.717) is 27.9 Å². The van der Waals surface area contributed by atoms with E-state index in [9.17, 15) is 14.9 Å². The number of carbonyl (C=O) groups excluding carboxylic acids is 1. The van der Waals surface area contributed by atoms with Gasteiger partial charge in [-0.15, -0.1) is 0 Å². The number of rotatable bonds is 8. The number of thioether (sulfide) groups is 1. The van der Waals surface area contributed by atoms with Crippen LogP contribution < -0.4 is 9.47 Å². The Morgan fingerprint density at radius 2 is 1.82 bits per heavy atom. The van der Waals surface area contributed by atoms with Crippen LogP contribution in [0.1, 0.15) is 18.1 Å². The van der Waals surface area contributed by atoms with Gasteiger partial charge in [-0.05, 0) is 71.4 Å². The number of nitro groups is 1. The number of benzene rings is 4. The van der Waals surface area contributed by atoms with E-state index in [-0.39, 0.29) is 18.2 Å². The summed E-state index contributed by atoms with van der Waals surface area (Å²) < 4.78 is 11.4. The number of hydrogen-bond donors (Lipinski definition) is 0. The average Bonchev–Trinajstić information content (AvgIpc) is 3.26. The van der Waals surface area contributed by atoms with Crippen molar-refractivity contribution < 1.29 is 19.2 Å². The summed E-state index contributed by atoms with van der Waals surface area (Å²) in [5, 5.41) is 13.7. The van der Waals surface area contributed by atoms with E-state index < -0.39 is 4.92 Å². The van der Waals surface area contributed by atoms with Crippen LogP contribution in [0, 0.1) is 10.1 Å². The third-order valence-corrected chi connectivity index (χ3v) is 7.23. The van der Waals surface area contributed by atoms with Gasteiger partial charge in [-0.3, -0.25) is 19.8 Å². The maximum atomic E-state index is 13.4. The minimum atomic E-state index is -0.428. The first kappa shape index (κ1) is 26.0. The second-order valence-electron chi connectivity index (χ2n) is 8.67. The first-order valence-electron chi connectivity index (χ1n) is 12.3. The summed E-state index contributed by atoms with van der Waals surface area (Å²) in [5.41, 5.74) is 2.16. The third-order valence-electron chi connectivity index (χ3n) is 6.22. The number of amides is 1. The summed E-state index contributed by atoms with van der Waals surface area (Å²) in [7, 11) is 1.61. The van der Waals surface area contributed by atoms with Crippen LogP contribution in [0.3, 0.4) is 0 Å². The lowest BCUT2D eigenvalue weighted by atomic mass is 10.0. The zero-order valence-electron chi connectivity index (χ0n) is 21.4. The van der Waals surface area contributed by atoms with Gasteiger partial charge in [0.1, 0.15) is 18.1 Å². The highest BCUT2D eigenvalue weighted by Crippen LogP contribution is 2.38. The first-order valence-corrected chi connectivity index (χ1v) is 13.1. The van der Waals surface area contributed by atoms with E-state index >= 15 is 0 Å². The van der Waals surface area contributed by atoms with Crippen molar-refractivity contribution in [2.75, 3.05) is 13.7 Å². The SMILES string of the molecule is CCN1C(=O)/C(=C\c2c(OCc3cccc([N+](=O)[O-])c3)ccc3ccccc23)SC1=Nc1ccc(OC)cc1. The zero-order chi connectivity index (χ0) is 27.4. The molecule has 0 unspecified atom stereocenters. The maximum absolute atomic E-state index is 13.4. The second-order valence-corrected chi connectivity index (χ2v) is 9.68. The summed E-state index contributed by atoms with van der Waals surface area (Å²) in [6.45, 7) is 2.53. The van der Waals surface area contributed by atoms with Crippen LogP contribution in [0.25, 0.3) is 16.8 Å². The number of nitro benzene ring substituents is 1. The monoisotopic (exact) mass is 539 g/mol. The fourth-order valence-electron chi connectivity index (χ4n) is 4.24. The first-order chi connectivity index (χ1) is 19.0. The number of non-ortho nitro benzene ring substituents is 1. The number of ether oxygens (including phenoxy) is 2. The van der Waals surface area contributed by atoms with Gasteiger partial charge < -0.3 is 9.47 Å². The highest BCUT2D eigenvalue weighted by Gasteiger charge is 2.32. The number of amidine groups is 1. The number of carbonyl (C=O) groups is 1. The molecule has 0 spiro atoms. The van der Waals surface area contributed by atoms with Crippen molar-refractivity contribution in [1.29, 1.82) is 0 Å². The van der Waals surface area contributed by atoms with Gasteiger partial charge in [-0.2, -0.15) is 0 Å². The van der Waals surface area contributed by atoms with E-state index in [2.05, 4.69) is 0 Å². The van der Waals surface area contributed by atoms with Crippen molar-refractivity contribution in [3.8, 4) is 11.5 Å². The smallest absolute Gasteiger partial charge is 0.269 e. The van der Waals surface area contributed by atoms with Crippen molar-refractivity contribution >= 4 is 51.1 Å². The molecule has 4 aromatic carbocycles. The Morgan fingerprint density at radius 3 is 2.56 bits per heavy atom. The van der Waals surface area contributed by atoms with Gasteiger partial charge in [-0.1, -0.05) is 42.5 Å². The lowest BCUT2D eigenvalue weighted by molar-refractivity contribution is -0.384. The van der Waals surface area contributed by atoms with Crippen molar-refractivity contribution in [2.24, 2.45) is 4.99 Å². The summed E-state index contributed by atoms with van der Waals surface area (Å²) in [6.07, 6.45) is 1.84. The fraction of sp³-hybridized carbons (Fsp3) is 0.133. The highest BCUT2D eigenvalue weighted by molar-refractivity contribution is 8.18. The molecule has 0 bridgehead atoms. The quantitative estimate of drug-likeness (QED) is 0.136. The Balaban J connectivity index is 1.50. The van der Waals surface area contributed by atoms with E-state index in [4.69, 9.17) is 14.5 Å². The molecule has 39 heavy (non-hydrogen) atoms. The lowest BCUT2D eigenvalue weighted by Crippen LogP contribution is -2.28. The normalized spacial score (nSPS) is 15.3. The zero-order valence-corrected chi connectivity index (χ0v) is 22.2. The van der Waals surface area contributed by atoms with Crippen LogP contribution >= 0.6 is 11.8 Å². The molecule has 0 radical (unpaired) electrons. The molecule has 0 N–H and O–H groups in total. The molecule has 0 saturated carbocycles. The topological polar surface area (TPSA) is 94.3 Å². The molecule has 1 heterocycles. The molecular formula is C30H25N3O5S. The number of methoxy groups -OCH3 is 1. The van der Waals surface area contributed by atoms with E-state index in [1.165, 1.54) is 23.9 Å². The molecule has 0 aromatic heterocycles. The van der Waals surface area contributed by atoms with Crippen LogP contribution in [-0.2, 0) is 11.4 Å². The standard InChI is InChI=1S/C30H25N3O5S/c1-3-32-29(34)28(39-30(32)31-22-12-14-24(37-2)15-13-22)18-26-25-10-5-4-8-21(25)11-16-27(26)38-19-20-7-6-9-23(17-20)33(35)36/h4-18H,3,19H2,1-2H3/b28-18+,31-30?. The van der Waals surface area contributed by atoms with Crippen molar-refractivity contribution in [2.45, 2.75) is 13.5 Å². The summed E-state index contributed by atoms with van der Waals surface area (Å²) in [6, 6.07) is 25.4. The molecular weight excluding hydrogens is 514 g/mol. The lowest BCUT2D eigenvalue weighted by Gasteiger charge is -2.13. The number of likely N-dealkylation sites (N-methyl/N-ethyl adjacent to an activating group) is 1. The Hall–Kier alpha value is -4.63. The molecule has 8 nitrogen and oxygen atoms in total. The number of hydrogen-bond acceptors (Lipinski definition) is 7. The van der Waals surface area contributed by atoms with Crippen LogP contribution in [0.2, 0.25) is 0 Å². The minimum absolute atomic E-state index is 0.00763. The van der Waals surface area contributed by atoms with E-state index in [1.54, 1.807) is 24.1 Å². The van der Waals surface area contributed by atoms with Gasteiger partial charge in [-0.25, -0.2) is 4.99 Å². The molecule has 9 heteroatoms. The van der Waals surface area contributed by atoms with Gasteiger partial charge in [0, 0.05) is 24.2 Å². The van der Waals surface area contributed by atoms with Gasteiger partial charge in [0.15, 0.2) is 5.17 Å². The summed E-state index contributed by atoms with van der Waals surface area (Å²) >= 11 is 1.31. The van der Waals surface area contributed by atoms with E-state index in [0.717, 1.165) is 27.8 Å². The van der Waals surface area contributed by atoms with Crippen LogP contribution in [0.15, 0.2) is 94.8 Å². The van der Waals surface area contributed by atoms with Gasteiger partial charge in [0.05, 0.1) is 22.6 Å². The largest absolute Gasteiger partial charge is 0.497 e. The van der Waals surface area contributed by atoms with Crippen LogP contribution in [0.5, 0.6) is 11.5 Å². The summed E-state index contributed by atoms with van der Waals surface area (Å²) in [5.74, 6) is 1.17. The Bertz CT molecular complexity index is 1610. The average molecular weight is 540 g/mol. The molecule has 1 fully saturated rings. The van der Waals surface area contributed by atoms with Gasteiger partial charge >= 0.3 is 0 Å². The predicted molar refractivity (Wildman–Crippen MR) is 154 cm³/mol. The second kappa shape index (κ2) is 11.4. The Kier molecular flexibility index (Phi) is 7.60. The van der Waals surface area contributed by atoms with E-state index in [1.807, 2.05) is 73.7 Å².